The summed E-state index contributed by atoms with van der Waals surface area (Å²) in [6.07, 6.45) is 2.12. The fourth-order valence-electron chi connectivity index (χ4n) is 2.40. The SMILES string of the molecule is CC1CCN(C(=O)C(C#N)C(C)C)C(C)C1. The Hall–Kier alpha value is -1.04. The molecule has 3 nitrogen and oxygen atoms in total. The van der Waals surface area contributed by atoms with E-state index in [4.69, 9.17) is 5.26 Å². The first-order chi connectivity index (χ1) is 7.47. The molecule has 1 aliphatic rings. The van der Waals surface area contributed by atoms with E-state index in [1.54, 1.807) is 0 Å². The molecule has 1 rings (SSSR count). The smallest absolute Gasteiger partial charge is 0.240 e. The fraction of sp³-hybridized carbons (Fsp3) is 0.846. The number of carbonyl (C=O) groups excluding carboxylic acids is 1. The van der Waals surface area contributed by atoms with Gasteiger partial charge in [0.15, 0.2) is 0 Å². The number of amides is 1. The van der Waals surface area contributed by atoms with Gasteiger partial charge in [-0.2, -0.15) is 5.26 Å². The zero-order valence-corrected chi connectivity index (χ0v) is 10.7. The van der Waals surface area contributed by atoms with Crippen LogP contribution < -0.4 is 0 Å². The van der Waals surface area contributed by atoms with Gasteiger partial charge in [-0.25, -0.2) is 0 Å². The van der Waals surface area contributed by atoms with Crippen LogP contribution in [0, 0.1) is 29.1 Å². The first kappa shape index (κ1) is 13.0. The molecular formula is C13H22N2O. The highest BCUT2D eigenvalue weighted by Crippen LogP contribution is 2.25. The van der Waals surface area contributed by atoms with Crippen LogP contribution >= 0.6 is 0 Å². The van der Waals surface area contributed by atoms with Crippen molar-refractivity contribution in [1.29, 1.82) is 5.26 Å². The van der Waals surface area contributed by atoms with Gasteiger partial charge < -0.3 is 4.90 Å². The maximum absolute atomic E-state index is 12.2. The lowest BCUT2D eigenvalue weighted by molar-refractivity contribution is -0.138. The summed E-state index contributed by atoms with van der Waals surface area (Å²) in [5.41, 5.74) is 0. The van der Waals surface area contributed by atoms with Crippen molar-refractivity contribution in [1.82, 2.24) is 4.90 Å². The average Bonchev–Trinajstić information content (AvgIpc) is 2.17. The van der Waals surface area contributed by atoms with Crippen LogP contribution in [0.1, 0.15) is 40.5 Å². The Bertz CT molecular complexity index is 293. The highest BCUT2D eigenvalue weighted by molar-refractivity contribution is 5.81. The van der Waals surface area contributed by atoms with E-state index >= 15 is 0 Å². The number of nitrogens with zero attached hydrogens (tertiary/aromatic N) is 2. The molecule has 3 heteroatoms. The molecule has 0 N–H and O–H groups in total. The molecule has 0 aromatic heterocycles. The maximum Gasteiger partial charge on any atom is 0.240 e. The van der Waals surface area contributed by atoms with Gasteiger partial charge in [0, 0.05) is 12.6 Å². The molecule has 0 radical (unpaired) electrons. The Balaban J connectivity index is 2.70. The molecule has 0 spiro atoms. The van der Waals surface area contributed by atoms with Gasteiger partial charge in [0.05, 0.1) is 6.07 Å². The van der Waals surface area contributed by atoms with Crippen molar-refractivity contribution in [3.63, 3.8) is 0 Å². The Morgan fingerprint density at radius 3 is 2.50 bits per heavy atom. The number of nitriles is 1. The van der Waals surface area contributed by atoms with Gasteiger partial charge in [-0.05, 0) is 31.6 Å². The van der Waals surface area contributed by atoms with Crippen molar-refractivity contribution in [3.8, 4) is 6.07 Å². The lowest BCUT2D eigenvalue weighted by atomic mass is 9.90. The van der Waals surface area contributed by atoms with E-state index in [1.807, 2.05) is 18.7 Å². The number of piperidine rings is 1. The third kappa shape index (κ3) is 2.75. The molecule has 3 unspecified atom stereocenters. The minimum absolute atomic E-state index is 0.0249. The fourth-order valence-corrected chi connectivity index (χ4v) is 2.40. The number of likely N-dealkylation sites (tertiary alicyclic amines) is 1. The molecular weight excluding hydrogens is 200 g/mol. The molecule has 1 saturated heterocycles. The van der Waals surface area contributed by atoms with Crippen LogP contribution in [0.25, 0.3) is 0 Å². The van der Waals surface area contributed by atoms with Crippen molar-refractivity contribution < 1.29 is 4.79 Å². The summed E-state index contributed by atoms with van der Waals surface area (Å²) < 4.78 is 0. The highest BCUT2D eigenvalue weighted by atomic mass is 16.2. The third-order valence-corrected chi connectivity index (χ3v) is 3.49. The summed E-state index contributed by atoms with van der Waals surface area (Å²) >= 11 is 0. The lowest BCUT2D eigenvalue weighted by Crippen LogP contribution is -2.47. The summed E-state index contributed by atoms with van der Waals surface area (Å²) in [4.78, 5) is 14.1. The quantitative estimate of drug-likeness (QED) is 0.720. The molecule has 1 heterocycles. The number of rotatable bonds is 2. The summed E-state index contributed by atoms with van der Waals surface area (Å²) in [7, 11) is 0. The predicted octanol–water partition coefficient (Wildman–Crippen LogP) is 2.43. The van der Waals surface area contributed by atoms with Crippen molar-refractivity contribution in [2.45, 2.75) is 46.6 Å². The van der Waals surface area contributed by atoms with Crippen molar-refractivity contribution in [2.24, 2.45) is 17.8 Å². The Labute approximate surface area is 98.4 Å². The van der Waals surface area contributed by atoms with E-state index in [9.17, 15) is 4.79 Å². The Kier molecular flexibility index (Phi) is 4.35. The van der Waals surface area contributed by atoms with Gasteiger partial charge in [0.2, 0.25) is 5.91 Å². The third-order valence-electron chi connectivity index (χ3n) is 3.49. The molecule has 3 atom stereocenters. The van der Waals surface area contributed by atoms with Gasteiger partial charge >= 0.3 is 0 Å². The average molecular weight is 222 g/mol. The molecule has 0 bridgehead atoms. The first-order valence-corrected chi connectivity index (χ1v) is 6.17. The Morgan fingerprint density at radius 1 is 1.44 bits per heavy atom. The first-order valence-electron chi connectivity index (χ1n) is 6.17. The molecule has 16 heavy (non-hydrogen) atoms. The molecule has 0 aromatic rings. The van der Waals surface area contributed by atoms with Crippen LogP contribution in [0.15, 0.2) is 0 Å². The normalized spacial score (nSPS) is 27.6. The largest absolute Gasteiger partial charge is 0.339 e. The van der Waals surface area contributed by atoms with Crippen LogP contribution in [0.5, 0.6) is 0 Å². The highest BCUT2D eigenvalue weighted by Gasteiger charge is 2.32. The van der Waals surface area contributed by atoms with E-state index < -0.39 is 5.92 Å². The van der Waals surface area contributed by atoms with E-state index in [0.29, 0.717) is 5.92 Å². The second-order valence-corrected chi connectivity index (χ2v) is 5.36. The Morgan fingerprint density at radius 2 is 2.06 bits per heavy atom. The number of carbonyl (C=O) groups is 1. The second-order valence-electron chi connectivity index (χ2n) is 5.36. The van der Waals surface area contributed by atoms with Crippen LogP contribution in [0.4, 0.5) is 0 Å². The minimum Gasteiger partial charge on any atom is -0.339 e. The molecule has 0 aliphatic carbocycles. The summed E-state index contributed by atoms with van der Waals surface area (Å²) in [6, 6.07) is 2.42. The zero-order chi connectivity index (χ0) is 12.3. The van der Waals surface area contributed by atoms with Crippen molar-refractivity contribution in [2.75, 3.05) is 6.54 Å². The summed E-state index contributed by atoms with van der Waals surface area (Å²) in [6.45, 7) is 8.99. The van der Waals surface area contributed by atoms with Gasteiger partial charge in [-0.3, -0.25) is 4.79 Å². The number of hydrogen-bond donors (Lipinski definition) is 0. The van der Waals surface area contributed by atoms with Crippen LogP contribution in [0.3, 0.4) is 0 Å². The topological polar surface area (TPSA) is 44.1 Å². The van der Waals surface area contributed by atoms with Crippen LogP contribution in [-0.4, -0.2) is 23.4 Å². The van der Waals surface area contributed by atoms with E-state index in [-0.39, 0.29) is 17.9 Å². The van der Waals surface area contributed by atoms with E-state index in [2.05, 4.69) is 19.9 Å². The van der Waals surface area contributed by atoms with Gasteiger partial charge in [0.25, 0.3) is 0 Å². The molecule has 1 fully saturated rings. The molecule has 0 aromatic carbocycles. The lowest BCUT2D eigenvalue weighted by Gasteiger charge is -2.38. The molecule has 1 aliphatic heterocycles. The van der Waals surface area contributed by atoms with Gasteiger partial charge in [0.1, 0.15) is 5.92 Å². The van der Waals surface area contributed by atoms with Crippen LogP contribution in [0.2, 0.25) is 0 Å². The van der Waals surface area contributed by atoms with E-state index in [0.717, 1.165) is 19.4 Å². The van der Waals surface area contributed by atoms with Crippen LogP contribution in [-0.2, 0) is 4.79 Å². The van der Waals surface area contributed by atoms with Crippen molar-refractivity contribution in [3.05, 3.63) is 0 Å². The molecule has 90 valence electrons. The van der Waals surface area contributed by atoms with Crippen molar-refractivity contribution >= 4 is 5.91 Å². The standard InChI is InChI=1S/C13H22N2O/c1-9(2)12(8-14)13(16)15-6-5-10(3)7-11(15)4/h9-12H,5-7H2,1-4H3. The summed E-state index contributed by atoms with van der Waals surface area (Å²) in [5.74, 6) is 0.343. The minimum atomic E-state index is -0.476. The molecule has 1 amide bonds. The number of hydrogen-bond acceptors (Lipinski definition) is 2. The van der Waals surface area contributed by atoms with Gasteiger partial charge in [-0.1, -0.05) is 20.8 Å². The molecule has 0 saturated carbocycles. The second kappa shape index (κ2) is 5.34. The maximum atomic E-state index is 12.2. The monoisotopic (exact) mass is 222 g/mol. The van der Waals surface area contributed by atoms with Gasteiger partial charge in [-0.15, -0.1) is 0 Å². The van der Waals surface area contributed by atoms with E-state index in [1.165, 1.54) is 0 Å². The predicted molar refractivity (Wildman–Crippen MR) is 63.5 cm³/mol. The zero-order valence-electron chi connectivity index (χ0n) is 10.7. The summed E-state index contributed by atoms with van der Waals surface area (Å²) in [5, 5.41) is 9.04.